The summed E-state index contributed by atoms with van der Waals surface area (Å²) in [5.41, 5.74) is 15.6. The van der Waals surface area contributed by atoms with E-state index in [0.29, 0.717) is 0 Å². The molecule has 0 fully saturated rings. The fraction of sp³-hybridized carbons (Fsp3) is 0.0294. The van der Waals surface area contributed by atoms with E-state index in [-0.39, 0.29) is 13.7 Å². The van der Waals surface area contributed by atoms with Crippen molar-refractivity contribution in [2.75, 3.05) is 0 Å². The van der Waals surface area contributed by atoms with Gasteiger partial charge < -0.3 is 4.48 Å². The number of hydrogen-bond acceptors (Lipinski definition) is 2. The Bertz CT molecular complexity index is 2230. The van der Waals surface area contributed by atoms with Gasteiger partial charge in [-0.2, -0.15) is 0 Å². The molecule has 0 radical (unpaired) electrons. The summed E-state index contributed by atoms with van der Waals surface area (Å²) in [6.07, 6.45) is 5.77. The number of nitrogens with zero attached hydrogens (tertiary/aromatic N) is 2. The highest BCUT2D eigenvalue weighted by Gasteiger charge is 2.53. The lowest BCUT2D eigenvalue weighted by Crippen LogP contribution is -2.61. The molecule has 5 aliphatic heterocycles. The smallest absolute Gasteiger partial charge is 0.382 e. The topological polar surface area (TPSA) is 7.94 Å². The number of para-hydroxylation sites is 2. The fourth-order valence-corrected chi connectivity index (χ4v) is 10.7. The Morgan fingerprint density at radius 2 is 1.40 bits per heavy atom. The molecule has 0 N–H and O–H groups in total. The van der Waals surface area contributed by atoms with Gasteiger partial charge in [-0.1, -0.05) is 84.2 Å². The summed E-state index contributed by atoms with van der Waals surface area (Å²) in [6.45, 7) is 0.391. The van der Waals surface area contributed by atoms with Crippen LogP contribution >= 0.6 is 23.5 Å². The second kappa shape index (κ2) is 7.06. The van der Waals surface area contributed by atoms with Crippen LogP contribution in [-0.4, -0.2) is 28.9 Å². The van der Waals surface area contributed by atoms with Gasteiger partial charge in [0.1, 0.15) is 6.21 Å². The van der Waals surface area contributed by atoms with Crippen LogP contribution in [0.5, 0.6) is 0 Å². The lowest BCUT2D eigenvalue weighted by atomic mass is 9.43. The van der Waals surface area contributed by atoms with Crippen LogP contribution in [0.25, 0.3) is 33.2 Å². The third-order valence-corrected chi connectivity index (χ3v) is 12.0. The lowest BCUT2D eigenvalue weighted by Gasteiger charge is -2.36. The number of hydrogen-bond donors (Lipinski definition) is 0. The third kappa shape index (κ3) is 2.32. The van der Waals surface area contributed by atoms with Crippen LogP contribution in [0, 0.1) is 0 Å². The fourth-order valence-electron chi connectivity index (χ4n) is 8.12. The molecule has 2 nitrogen and oxygen atoms in total. The normalized spacial score (nSPS) is 15.8. The maximum Gasteiger partial charge on any atom is 0.563 e. The van der Waals surface area contributed by atoms with E-state index < -0.39 is 0 Å². The van der Waals surface area contributed by atoms with Crippen LogP contribution in [0.3, 0.4) is 0 Å². The average Bonchev–Trinajstić information content (AvgIpc) is 3.63. The van der Waals surface area contributed by atoms with Crippen LogP contribution in [-0.2, 0) is 6.42 Å². The van der Waals surface area contributed by atoms with Gasteiger partial charge in [0.15, 0.2) is 5.69 Å². The van der Waals surface area contributed by atoms with Crippen LogP contribution in [0.4, 0.5) is 5.69 Å². The molecule has 5 aromatic carbocycles. The zero-order valence-corrected chi connectivity index (χ0v) is 23.0. The van der Waals surface area contributed by atoms with E-state index in [9.17, 15) is 0 Å². The molecule has 0 spiro atoms. The van der Waals surface area contributed by atoms with Gasteiger partial charge in [-0.3, -0.25) is 4.49 Å². The summed E-state index contributed by atoms with van der Waals surface area (Å²) in [7, 11) is 0. The molecule has 1 aromatic heterocycles. The minimum atomic E-state index is 0.191. The molecule has 5 aliphatic rings. The standard InChI is InChI=1S/C34H19B2N2S2/c1-5-19-15-17-37-32(19)23(9-1)21-7-4-12-27-29(21)35(37)25-13-14-28-31(34(25)40-27)36-30-22(8-3-11-26(30)39-28)24-10-2-6-20-16-18-38(36)33(20)24/h1-15,17-18H,16H2/q+1. The molecule has 0 atom stereocenters. The van der Waals surface area contributed by atoms with Gasteiger partial charge in [0.05, 0.1) is 12.0 Å². The van der Waals surface area contributed by atoms with Gasteiger partial charge in [-0.05, 0) is 64.0 Å². The SMILES string of the molecule is C1=[N+]2B3c4c(cccc4-c4cccc(c42)C1)Sc1ccc2c(c13)Sc1cccc3c1B2n1ccc2cccc-3c21. The summed E-state index contributed by atoms with van der Waals surface area (Å²) in [4.78, 5) is 5.64. The van der Waals surface area contributed by atoms with Crippen molar-refractivity contribution in [3.63, 3.8) is 0 Å². The summed E-state index contributed by atoms with van der Waals surface area (Å²) in [6, 6.07) is 34.6. The lowest BCUT2D eigenvalue weighted by molar-refractivity contribution is -0.271. The molecule has 0 saturated heterocycles. The van der Waals surface area contributed by atoms with Crippen LogP contribution in [0.15, 0.2) is 117 Å². The predicted octanol–water partition coefficient (Wildman–Crippen LogP) is 5.26. The molecule has 6 heteroatoms. The highest BCUT2D eigenvalue weighted by Crippen LogP contribution is 2.46. The van der Waals surface area contributed by atoms with E-state index in [1.165, 1.54) is 85.8 Å². The van der Waals surface area contributed by atoms with Gasteiger partial charge in [0.2, 0.25) is 0 Å². The molecule has 0 amide bonds. The zero-order chi connectivity index (χ0) is 25.7. The first kappa shape index (κ1) is 21.0. The van der Waals surface area contributed by atoms with Crippen molar-refractivity contribution in [2.24, 2.45) is 0 Å². The zero-order valence-electron chi connectivity index (χ0n) is 21.4. The molecule has 0 bridgehead atoms. The molecular weight excluding hydrogens is 522 g/mol. The number of rotatable bonds is 0. The van der Waals surface area contributed by atoms with E-state index in [1.807, 2.05) is 23.5 Å². The first-order chi connectivity index (χ1) is 19.8. The van der Waals surface area contributed by atoms with Gasteiger partial charge in [-0.15, -0.1) is 0 Å². The van der Waals surface area contributed by atoms with Crippen LogP contribution < -0.4 is 21.9 Å². The molecule has 0 saturated carbocycles. The third-order valence-electron chi connectivity index (χ3n) is 9.63. The van der Waals surface area contributed by atoms with Crippen molar-refractivity contribution in [3.8, 4) is 22.3 Å². The first-order valence-corrected chi connectivity index (χ1v) is 15.6. The van der Waals surface area contributed by atoms with Crippen molar-refractivity contribution >= 4 is 81.9 Å². The second-order valence-corrected chi connectivity index (χ2v) is 13.5. The van der Waals surface area contributed by atoms with E-state index in [0.717, 1.165) is 6.42 Å². The largest absolute Gasteiger partial charge is 0.563 e. The second-order valence-electron chi connectivity index (χ2n) is 11.4. The Balaban J connectivity index is 1.23. The Labute approximate surface area is 241 Å². The van der Waals surface area contributed by atoms with Crippen molar-refractivity contribution in [2.45, 2.75) is 26.0 Å². The molecular formula is C34H19B2N2S2+. The molecule has 0 aliphatic carbocycles. The van der Waals surface area contributed by atoms with Gasteiger partial charge >= 0.3 is 13.7 Å². The maximum atomic E-state index is 2.62. The Morgan fingerprint density at radius 1 is 0.650 bits per heavy atom. The van der Waals surface area contributed by atoms with Crippen molar-refractivity contribution in [1.82, 2.24) is 4.48 Å². The van der Waals surface area contributed by atoms with Crippen LogP contribution in [0.1, 0.15) is 5.56 Å². The van der Waals surface area contributed by atoms with Crippen molar-refractivity contribution in [3.05, 3.63) is 103 Å². The highest BCUT2D eigenvalue weighted by atomic mass is 32.2. The molecule has 0 unspecified atom stereocenters. The Kier molecular flexibility index (Phi) is 3.70. The number of aromatic nitrogens is 1. The van der Waals surface area contributed by atoms with E-state index in [2.05, 4.69) is 112 Å². The molecule has 182 valence electrons. The minimum Gasteiger partial charge on any atom is -0.382 e. The average molecular weight is 541 g/mol. The number of fused-ring (bicyclic) bond motifs is 9. The van der Waals surface area contributed by atoms with E-state index >= 15 is 0 Å². The monoisotopic (exact) mass is 541 g/mol. The molecule has 40 heavy (non-hydrogen) atoms. The van der Waals surface area contributed by atoms with E-state index in [4.69, 9.17) is 0 Å². The maximum absolute atomic E-state index is 2.62. The summed E-state index contributed by atoms with van der Waals surface area (Å²) in [5.74, 6) is 0. The highest BCUT2D eigenvalue weighted by molar-refractivity contribution is 8.01. The minimum absolute atomic E-state index is 0.191. The summed E-state index contributed by atoms with van der Waals surface area (Å²) >= 11 is 3.96. The molecule has 11 rings (SSSR count). The molecule has 6 aromatic rings. The first-order valence-electron chi connectivity index (χ1n) is 14.0. The predicted molar refractivity (Wildman–Crippen MR) is 169 cm³/mol. The van der Waals surface area contributed by atoms with Gasteiger partial charge in [0, 0.05) is 47.2 Å². The van der Waals surface area contributed by atoms with Crippen molar-refractivity contribution < 1.29 is 4.49 Å². The summed E-state index contributed by atoms with van der Waals surface area (Å²) in [5, 5.41) is 1.32. The van der Waals surface area contributed by atoms with Gasteiger partial charge in [-0.25, -0.2) is 0 Å². The Morgan fingerprint density at radius 3 is 2.33 bits per heavy atom. The summed E-state index contributed by atoms with van der Waals surface area (Å²) < 4.78 is 5.17. The number of benzene rings is 5. The quantitative estimate of drug-likeness (QED) is 0.242. The molecule has 6 heterocycles. The van der Waals surface area contributed by atoms with Crippen LogP contribution in [0.2, 0.25) is 0 Å². The van der Waals surface area contributed by atoms with Crippen molar-refractivity contribution in [1.29, 1.82) is 0 Å². The van der Waals surface area contributed by atoms with E-state index in [1.54, 1.807) is 0 Å². The van der Waals surface area contributed by atoms with Gasteiger partial charge in [0.25, 0.3) is 0 Å². The Hall–Kier alpha value is -3.86.